The molecule has 2 aliphatic heterocycles. The van der Waals surface area contributed by atoms with Gasteiger partial charge in [0, 0.05) is 17.2 Å². The molecular formula is C20H17FN2O5. The summed E-state index contributed by atoms with van der Waals surface area (Å²) < 4.78 is 30.2. The quantitative estimate of drug-likeness (QED) is 0.633. The van der Waals surface area contributed by atoms with Crippen LogP contribution in [0.25, 0.3) is 6.08 Å². The Balaban J connectivity index is 1.63. The number of imide groups is 1. The number of fused-ring (bicyclic) bond motifs is 1. The minimum Gasteiger partial charge on any atom is -0.493 e. The predicted octanol–water partition coefficient (Wildman–Crippen LogP) is 3.05. The summed E-state index contributed by atoms with van der Waals surface area (Å²) >= 11 is 0. The number of carbonyl (C=O) groups excluding carboxylic acids is 2. The summed E-state index contributed by atoms with van der Waals surface area (Å²) in [6.07, 6.45) is 1.51. The predicted molar refractivity (Wildman–Crippen MR) is 97.2 cm³/mol. The van der Waals surface area contributed by atoms with Crippen molar-refractivity contribution in [2.24, 2.45) is 0 Å². The number of ether oxygens (including phenoxy) is 3. The van der Waals surface area contributed by atoms with Gasteiger partial charge in [-0.15, -0.1) is 0 Å². The van der Waals surface area contributed by atoms with Gasteiger partial charge in [-0.25, -0.2) is 9.18 Å². The maximum absolute atomic E-state index is 13.9. The van der Waals surface area contributed by atoms with Gasteiger partial charge in [0.2, 0.25) is 6.79 Å². The third-order valence-corrected chi connectivity index (χ3v) is 4.35. The van der Waals surface area contributed by atoms with Crippen molar-refractivity contribution in [1.29, 1.82) is 0 Å². The van der Waals surface area contributed by atoms with E-state index in [2.05, 4.69) is 5.32 Å². The maximum atomic E-state index is 13.9. The van der Waals surface area contributed by atoms with E-state index in [1.54, 1.807) is 24.3 Å². The molecule has 0 aromatic heterocycles. The van der Waals surface area contributed by atoms with Crippen LogP contribution in [0, 0.1) is 5.82 Å². The second-order valence-electron chi connectivity index (χ2n) is 6.15. The fraction of sp³-hybridized carbons (Fsp3) is 0.200. The highest BCUT2D eigenvalue weighted by Gasteiger charge is 2.34. The zero-order valence-electron chi connectivity index (χ0n) is 15.0. The van der Waals surface area contributed by atoms with Crippen LogP contribution in [-0.2, 0) is 11.3 Å². The zero-order chi connectivity index (χ0) is 19.7. The summed E-state index contributed by atoms with van der Waals surface area (Å²) in [6.45, 7) is 2.19. The molecule has 2 heterocycles. The first-order valence-corrected chi connectivity index (χ1v) is 8.71. The Morgan fingerprint density at radius 3 is 2.71 bits per heavy atom. The number of rotatable bonds is 5. The van der Waals surface area contributed by atoms with Gasteiger partial charge in [-0.1, -0.05) is 18.2 Å². The molecule has 3 amide bonds. The van der Waals surface area contributed by atoms with Crippen LogP contribution < -0.4 is 19.5 Å². The number of urea groups is 1. The molecule has 0 atom stereocenters. The first kappa shape index (κ1) is 17.8. The van der Waals surface area contributed by atoms with Gasteiger partial charge in [0.1, 0.15) is 17.3 Å². The fourth-order valence-electron chi connectivity index (χ4n) is 3.00. The van der Waals surface area contributed by atoms with Crippen molar-refractivity contribution < 1.29 is 28.2 Å². The van der Waals surface area contributed by atoms with E-state index in [0.29, 0.717) is 29.4 Å². The molecule has 2 aliphatic rings. The molecule has 0 bridgehead atoms. The Kier molecular flexibility index (Phi) is 4.60. The van der Waals surface area contributed by atoms with Crippen molar-refractivity contribution in [3.05, 3.63) is 59.0 Å². The molecule has 4 rings (SSSR count). The van der Waals surface area contributed by atoms with E-state index in [-0.39, 0.29) is 24.6 Å². The SMILES string of the molecule is CCOc1cc2c(cc1C=C1NC(=O)N(Cc3ccccc3F)C1=O)OCO2. The average Bonchev–Trinajstić information content (AvgIpc) is 3.23. The monoisotopic (exact) mass is 384 g/mol. The first-order chi connectivity index (χ1) is 13.6. The van der Waals surface area contributed by atoms with Crippen LogP contribution in [-0.4, -0.2) is 30.2 Å². The largest absolute Gasteiger partial charge is 0.493 e. The Morgan fingerprint density at radius 1 is 1.21 bits per heavy atom. The van der Waals surface area contributed by atoms with Crippen LogP contribution in [0.4, 0.5) is 9.18 Å². The summed E-state index contributed by atoms with van der Waals surface area (Å²) in [5.74, 6) is 0.543. The molecule has 1 N–H and O–H groups in total. The summed E-state index contributed by atoms with van der Waals surface area (Å²) in [6, 6.07) is 8.75. The van der Waals surface area contributed by atoms with E-state index < -0.39 is 17.8 Å². The highest BCUT2D eigenvalue weighted by molar-refractivity contribution is 6.14. The van der Waals surface area contributed by atoms with E-state index in [9.17, 15) is 14.0 Å². The number of carbonyl (C=O) groups is 2. The van der Waals surface area contributed by atoms with Crippen molar-refractivity contribution in [1.82, 2.24) is 10.2 Å². The van der Waals surface area contributed by atoms with Crippen LogP contribution >= 0.6 is 0 Å². The number of benzene rings is 2. The maximum Gasteiger partial charge on any atom is 0.329 e. The molecule has 1 fully saturated rings. The van der Waals surface area contributed by atoms with Crippen molar-refractivity contribution in [3.63, 3.8) is 0 Å². The highest BCUT2D eigenvalue weighted by atomic mass is 19.1. The van der Waals surface area contributed by atoms with Crippen molar-refractivity contribution in [2.45, 2.75) is 13.5 Å². The van der Waals surface area contributed by atoms with E-state index in [0.717, 1.165) is 4.90 Å². The van der Waals surface area contributed by atoms with Crippen molar-refractivity contribution >= 4 is 18.0 Å². The molecule has 2 aromatic rings. The standard InChI is InChI=1S/C20H17FN2O5/c1-2-26-16-9-18-17(27-11-28-18)8-13(16)7-15-19(24)23(20(25)22-15)10-12-5-3-4-6-14(12)21/h3-9H,2,10-11H2,1H3,(H,22,25). The van der Waals surface area contributed by atoms with Gasteiger partial charge >= 0.3 is 6.03 Å². The summed E-state index contributed by atoms with van der Waals surface area (Å²) in [4.78, 5) is 25.9. The number of hydrogen-bond donors (Lipinski definition) is 1. The van der Waals surface area contributed by atoms with Gasteiger partial charge in [0.25, 0.3) is 5.91 Å². The molecule has 0 saturated carbocycles. The normalized spacial score (nSPS) is 16.6. The van der Waals surface area contributed by atoms with Gasteiger partial charge in [0.05, 0.1) is 13.2 Å². The summed E-state index contributed by atoms with van der Waals surface area (Å²) in [7, 11) is 0. The van der Waals surface area contributed by atoms with Gasteiger partial charge in [-0.2, -0.15) is 0 Å². The highest BCUT2D eigenvalue weighted by Crippen LogP contribution is 2.39. The minimum atomic E-state index is -0.613. The zero-order valence-corrected chi connectivity index (χ0v) is 15.0. The molecule has 7 nitrogen and oxygen atoms in total. The lowest BCUT2D eigenvalue weighted by molar-refractivity contribution is -0.123. The smallest absolute Gasteiger partial charge is 0.329 e. The molecule has 8 heteroatoms. The van der Waals surface area contributed by atoms with Gasteiger partial charge < -0.3 is 19.5 Å². The van der Waals surface area contributed by atoms with Crippen LogP contribution in [0.1, 0.15) is 18.1 Å². The second kappa shape index (κ2) is 7.22. The second-order valence-corrected chi connectivity index (χ2v) is 6.15. The lowest BCUT2D eigenvalue weighted by Gasteiger charge is -2.12. The van der Waals surface area contributed by atoms with E-state index in [1.807, 2.05) is 6.92 Å². The van der Waals surface area contributed by atoms with Crippen molar-refractivity contribution in [2.75, 3.05) is 13.4 Å². The van der Waals surface area contributed by atoms with Crippen LogP contribution in [0.5, 0.6) is 17.2 Å². The molecule has 0 unspecified atom stereocenters. The van der Waals surface area contributed by atoms with E-state index in [1.165, 1.54) is 18.2 Å². The number of halogens is 1. The van der Waals surface area contributed by atoms with Crippen LogP contribution in [0.2, 0.25) is 0 Å². The number of nitrogens with zero attached hydrogens (tertiary/aromatic N) is 1. The third kappa shape index (κ3) is 3.24. The summed E-state index contributed by atoms with van der Waals surface area (Å²) in [5, 5.41) is 2.53. The topological polar surface area (TPSA) is 77.1 Å². The number of hydrogen-bond acceptors (Lipinski definition) is 5. The Hall–Kier alpha value is -3.55. The minimum absolute atomic E-state index is 0.0705. The number of amides is 3. The van der Waals surface area contributed by atoms with Gasteiger partial charge in [-0.3, -0.25) is 9.69 Å². The Labute approximate surface area is 160 Å². The molecule has 144 valence electrons. The van der Waals surface area contributed by atoms with Crippen LogP contribution in [0.15, 0.2) is 42.1 Å². The van der Waals surface area contributed by atoms with Gasteiger partial charge in [-0.05, 0) is 25.1 Å². The Morgan fingerprint density at radius 2 is 1.96 bits per heavy atom. The molecule has 2 aromatic carbocycles. The van der Waals surface area contributed by atoms with Gasteiger partial charge in [0.15, 0.2) is 11.5 Å². The molecule has 0 radical (unpaired) electrons. The summed E-state index contributed by atoms with van der Waals surface area (Å²) in [5.41, 5.74) is 0.883. The lowest BCUT2D eigenvalue weighted by Crippen LogP contribution is -2.30. The molecule has 1 saturated heterocycles. The van der Waals surface area contributed by atoms with Crippen LogP contribution in [0.3, 0.4) is 0 Å². The number of nitrogens with one attached hydrogen (secondary N) is 1. The molecule has 0 aliphatic carbocycles. The lowest BCUT2D eigenvalue weighted by atomic mass is 10.1. The molecule has 28 heavy (non-hydrogen) atoms. The third-order valence-electron chi connectivity index (χ3n) is 4.35. The fourth-order valence-corrected chi connectivity index (χ4v) is 3.00. The van der Waals surface area contributed by atoms with E-state index in [4.69, 9.17) is 14.2 Å². The van der Waals surface area contributed by atoms with Crippen molar-refractivity contribution in [3.8, 4) is 17.2 Å². The first-order valence-electron chi connectivity index (χ1n) is 8.71. The van der Waals surface area contributed by atoms with E-state index >= 15 is 0 Å². The Bertz CT molecular complexity index is 989. The molecular weight excluding hydrogens is 367 g/mol. The average molecular weight is 384 g/mol. The molecule has 0 spiro atoms.